The van der Waals surface area contributed by atoms with Crippen molar-refractivity contribution in [3.8, 4) is 0 Å². The average Bonchev–Trinajstić information content (AvgIpc) is 2.55. The van der Waals surface area contributed by atoms with Crippen molar-refractivity contribution in [2.75, 3.05) is 7.05 Å². The highest BCUT2D eigenvalue weighted by molar-refractivity contribution is 6.36. The van der Waals surface area contributed by atoms with Crippen LogP contribution in [0, 0.1) is 0 Å². The average molecular weight is 168 g/mol. The van der Waals surface area contributed by atoms with Crippen LogP contribution in [0.5, 0.6) is 0 Å². The minimum absolute atomic E-state index is 0.0906. The van der Waals surface area contributed by atoms with E-state index in [0.29, 0.717) is 0 Å². The van der Waals surface area contributed by atoms with Crippen LogP contribution in [0.25, 0.3) is 0 Å². The van der Waals surface area contributed by atoms with Crippen LogP contribution < -0.4 is 5.32 Å². The van der Waals surface area contributed by atoms with Gasteiger partial charge in [-0.1, -0.05) is 0 Å². The molecule has 0 saturated heterocycles. The number of likely N-dealkylation sites (N-methyl/N-ethyl adjacent to an activating group) is 1. The van der Waals surface area contributed by atoms with Crippen LogP contribution in [-0.2, 0) is 16.0 Å². The van der Waals surface area contributed by atoms with E-state index in [1.54, 1.807) is 0 Å². The molecule has 0 bridgehead atoms. The van der Waals surface area contributed by atoms with Crippen LogP contribution in [0.2, 0.25) is 0 Å². The minimum Gasteiger partial charge on any atom is -0.449 e. The lowest BCUT2D eigenvalue weighted by molar-refractivity contribution is -0.137. The third-order valence-electron chi connectivity index (χ3n) is 1.28. The topological polar surface area (TPSA) is 72.2 Å². The lowest BCUT2D eigenvalue weighted by atomic mass is 10.3. The minimum atomic E-state index is -0.631. The molecule has 1 amide bonds. The molecule has 1 rings (SSSR count). The Hall–Kier alpha value is -1.65. The third-order valence-corrected chi connectivity index (χ3v) is 1.28. The number of ketones is 1. The van der Waals surface area contributed by atoms with E-state index < -0.39 is 11.7 Å². The monoisotopic (exact) mass is 168 g/mol. The quantitative estimate of drug-likeness (QED) is 0.619. The van der Waals surface area contributed by atoms with Crippen molar-refractivity contribution in [1.29, 1.82) is 0 Å². The molecule has 1 N–H and O–H groups in total. The highest BCUT2D eigenvalue weighted by Gasteiger charge is 2.14. The van der Waals surface area contributed by atoms with Gasteiger partial charge in [-0.2, -0.15) is 0 Å². The first-order valence-electron chi connectivity index (χ1n) is 3.37. The fourth-order valence-corrected chi connectivity index (χ4v) is 0.697. The first-order valence-corrected chi connectivity index (χ1v) is 3.37. The van der Waals surface area contributed by atoms with Crippen LogP contribution in [0.1, 0.15) is 5.89 Å². The molecule has 12 heavy (non-hydrogen) atoms. The summed E-state index contributed by atoms with van der Waals surface area (Å²) in [5, 5.41) is 2.22. The Morgan fingerprint density at radius 1 is 1.67 bits per heavy atom. The van der Waals surface area contributed by atoms with Crippen molar-refractivity contribution in [3.63, 3.8) is 0 Å². The number of hydrogen-bond donors (Lipinski definition) is 1. The molecule has 5 nitrogen and oxygen atoms in total. The van der Waals surface area contributed by atoms with Gasteiger partial charge >= 0.3 is 0 Å². The normalized spacial score (nSPS) is 9.42. The number of nitrogens with one attached hydrogen (secondary N) is 1. The highest BCUT2D eigenvalue weighted by Crippen LogP contribution is 1.95. The number of oxazole rings is 1. The lowest BCUT2D eigenvalue weighted by Crippen LogP contribution is -2.28. The molecular formula is C7H8N2O3. The van der Waals surface area contributed by atoms with Crippen molar-refractivity contribution in [2.45, 2.75) is 6.42 Å². The smallest absolute Gasteiger partial charge is 0.287 e. The Kier molecular flexibility index (Phi) is 2.57. The standard InChI is InChI=1S/C7H8N2O3/c1-8-7(11)5(10)4-6-9-2-3-12-6/h2-3H,4H2,1H3,(H,8,11). The summed E-state index contributed by atoms with van der Waals surface area (Å²) >= 11 is 0. The van der Waals surface area contributed by atoms with E-state index in [4.69, 9.17) is 4.42 Å². The van der Waals surface area contributed by atoms with Gasteiger partial charge < -0.3 is 9.73 Å². The number of carbonyl (C=O) groups excluding carboxylic acids is 2. The van der Waals surface area contributed by atoms with Crippen LogP contribution in [-0.4, -0.2) is 23.7 Å². The van der Waals surface area contributed by atoms with Crippen molar-refractivity contribution in [1.82, 2.24) is 10.3 Å². The van der Waals surface area contributed by atoms with Crippen LogP contribution >= 0.6 is 0 Å². The number of amides is 1. The number of carbonyl (C=O) groups is 2. The Bertz CT molecular complexity index is 279. The second-order valence-electron chi connectivity index (χ2n) is 2.10. The van der Waals surface area contributed by atoms with E-state index in [9.17, 15) is 9.59 Å². The van der Waals surface area contributed by atoms with Gasteiger partial charge in [0.15, 0.2) is 0 Å². The fourth-order valence-electron chi connectivity index (χ4n) is 0.697. The molecule has 64 valence electrons. The third kappa shape index (κ3) is 1.91. The van der Waals surface area contributed by atoms with E-state index in [2.05, 4.69) is 10.3 Å². The zero-order chi connectivity index (χ0) is 8.97. The number of nitrogens with zero attached hydrogens (tertiary/aromatic N) is 1. The predicted molar refractivity (Wildman–Crippen MR) is 39.3 cm³/mol. The van der Waals surface area contributed by atoms with Gasteiger partial charge in [0.1, 0.15) is 6.26 Å². The zero-order valence-corrected chi connectivity index (χ0v) is 6.53. The van der Waals surface area contributed by atoms with Gasteiger partial charge in [0.05, 0.1) is 12.6 Å². The summed E-state index contributed by atoms with van der Waals surface area (Å²) in [4.78, 5) is 25.3. The summed E-state index contributed by atoms with van der Waals surface area (Å²) in [6, 6.07) is 0. The lowest BCUT2D eigenvalue weighted by Gasteiger charge is -1.94. The number of aromatic nitrogens is 1. The van der Waals surface area contributed by atoms with Crippen molar-refractivity contribution in [2.24, 2.45) is 0 Å². The van der Waals surface area contributed by atoms with E-state index in [1.165, 1.54) is 19.5 Å². The van der Waals surface area contributed by atoms with E-state index in [0.717, 1.165) is 0 Å². The molecule has 0 radical (unpaired) electrons. The van der Waals surface area contributed by atoms with Gasteiger partial charge in [-0.15, -0.1) is 0 Å². The molecule has 0 spiro atoms. The Morgan fingerprint density at radius 3 is 2.92 bits per heavy atom. The summed E-state index contributed by atoms with van der Waals surface area (Å²) < 4.78 is 4.79. The van der Waals surface area contributed by atoms with E-state index in [-0.39, 0.29) is 12.3 Å². The van der Waals surface area contributed by atoms with Crippen molar-refractivity contribution < 1.29 is 14.0 Å². The molecule has 5 heteroatoms. The summed E-state index contributed by atoms with van der Waals surface area (Å²) in [7, 11) is 1.40. The molecule has 0 unspecified atom stereocenters. The second-order valence-corrected chi connectivity index (χ2v) is 2.10. The van der Waals surface area contributed by atoms with Gasteiger partial charge in [-0.3, -0.25) is 9.59 Å². The molecule has 0 aliphatic rings. The molecule has 1 aromatic heterocycles. The van der Waals surface area contributed by atoms with Crippen molar-refractivity contribution >= 4 is 11.7 Å². The Labute approximate surface area is 68.8 Å². The zero-order valence-electron chi connectivity index (χ0n) is 6.53. The van der Waals surface area contributed by atoms with Crippen LogP contribution in [0.15, 0.2) is 16.9 Å². The molecule has 1 aromatic rings. The van der Waals surface area contributed by atoms with E-state index in [1.807, 2.05) is 0 Å². The summed E-state index contributed by atoms with van der Waals surface area (Å²) in [6.45, 7) is 0. The van der Waals surface area contributed by atoms with E-state index >= 15 is 0 Å². The number of Topliss-reactive ketones (excluding diaryl/α,β-unsaturated/α-hetero) is 1. The van der Waals surface area contributed by atoms with Gasteiger partial charge in [0.2, 0.25) is 11.7 Å². The second kappa shape index (κ2) is 3.66. The largest absolute Gasteiger partial charge is 0.449 e. The summed E-state index contributed by atoms with van der Waals surface area (Å²) in [6.07, 6.45) is 2.69. The molecule has 0 aliphatic heterocycles. The van der Waals surface area contributed by atoms with Crippen LogP contribution in [0.3, 0.4) is 0 Å². The molecule has 0 aliphatic carbocycles. The van der Waals surface area contributed by atoms with Crippen LogP contribution in [0.4, 0.5) is 0 Å². The maximum Gasteiger partial charge on any atom is 0.287 e. The SMILES string of the molecule is CNC(=O)C(=O)Cc1ncco1. The molecule has 0 atom stereocenters. The van der Waals surface area contributed by atoms with Gasteiger partial charge in [0, 0.05) is 7.05 Å². The maximum atomic E-state index is 10.9. The summed E-state index contributed by atoms with van der Waals surface area (Å²) in [5.41, 5.74) is 0. The number of rotatable bonds is 3. The Balaban J connectivity index is 2.53. The summed E-state index contributed by atoms with van der Waals surface area (Å²) in [5.74, 6) is -0.934. The predicted octanol–water partition coefficient (Wildman–Crippen LogP) is -0.468. The Morgan fingerprint density at radius 2 is 2.42 bits per heavy atom. The molecule has 1 heterocycles. The first kappa shape index (κ1) is 8.45. The van der Waals surface area contributed by atoms with Crippen molar-refractivity contribution in [3.05, 3.63) is 18.4 Å². The number of hydrogen-bond acceptors (Lipinski definition) is 4. The van der Waals surface area contributed by atoms with Gasteiger partial charge in [0.25, 0.3) is 5.91 Å². The molecule has 0 saturated carbocycles. The molecular weight excluding hydrogens is 160 g/mol. The highest BCUT2D eigenvalue weighted by atomic mass is 16.3. The molecule has 0 fully saturated rings. The maximum absolute atomic E-state index is 10.9. The fraction of sp³-hybridized carbons (Fsp3) is 0.286. The molecule has 0 aromatic carbocycles. The van der Waals surface area contributed by atoms with Gasteiger partial charge in [-0.05, 0) is 0 Å². The van der Waals surface area contributed by atoms with Gasteiger partial charge in [-0.25, -0.2) is 4.98 Å². The first-order chi connectivity index (χ1) is 5.74.